The van der Waals surface area contributed by atoms with E-state index in [-0.39, 0.29) is 5.54 Å². The van der Waals surface area contributed by atoms with Gasteiger partial charge in [0.2, 0.25) is 5.95 Å². The van der Waals surface area contributed by atoms with Gasteiger partial charge in [0.25, 0.3) is 0 Å². The molecule has 30 heavy (non-hydrogen) atoms. The van der Waals surface area contributed by atoms with E-state index in [0.717, 1.165) is 60.5 Å². The maximum Gasteiger partial charge on any atom is 0.237 e. The van der Waals surface area contributed by atoms with Gasteiger partial charge in [-0.3, -0.25) is 14.1 Å². The molecule has 0 aliphatic carbocycles. The molecule has 2 aliphatic rings. The van der Waals surface area contributed by atoms with E-state index in [1.807, 2.05) is 42.1 Å². The van der Waals surface area contributed by atoms with Crippen molar-refractivity contribution in [3.05, 3.63) is 54.6 Å². The van der Waals surface area contributed by atoms with E-state index in [2.05, 4.69) is 41.5 Å². The molecule has 1 saturated heterocycles. The Morgan fingerprint density at radius 2 is 2.03 bits per heavy atom. The highest BCUT2D eigenvalue weighted by Gasteiger charge is 2.50. The molecule has 0 radical (unpaired) electrons. The Morgan fingerprint density at radius 3 is 2.87 bits per heavy atom. The molecule has 6 rings (SSSR count). The van der Waals surface area contributed by atoms with Gasteiger partial charge in [-0.1, -0.05) is 13.0 Å². The molecule has 6 heterocycles. The van der Waals surface area contributed by atoms with E-state index in [9.17, 15) is 0 Å². The van der Waals surface area contributed by atoms with Crippen molar-refractivity contribution in [1.29, 1.82) is 0 Å². The molecule has 4 aromatic heterocycles. The number of aromatic nitrogens is 8. The fourth-order valence-electron chi connectivity index (χ4n) is 4.88. The minimum absolute atomic E-state index is 0.168. The van der Waals surface area contributed by atoms with Crippen LogP contribution in [0.1, 0.15) is 37.8 Å². The van der Waals surface area contributed by atoms with Gasteiger partial charge >= 0.3 is 0 Å². The van der Waals surface area contributed by atoms with Gasteiger partial charge < -0.3 is 4.90 Å². The lowest BCUT2D eigenvalue weighted by Gasteiger charge is -2.42. The minimum Gasteiger partial charge on any atom is -0.342 e. The lowest BCUT2D eigenvalue weighted by atomic mass is 9.90. The van der Waals surface area contributed by atoms with Crippen molar-refractivity contribution >= 4 is 5.82 Å². The molecule has 0 saturated carbocycles. The maximum absolute atomic E-state index is 5.03. The van der Waals surface area contributed by atoms with Crippen molar-refractivity contribution in [2.75, 3.05) is 11.4 Å². The number of nitrogens with zero attached hydrogens (tertiary/aromatic N) is 9. The second kappa shape index (κ2) is 6.19. The molecule has 2 aliphatic heterocycles. The summed E-state index contributed by atoms with van der Waals surface area (Å²) in [5.41, 5.74) is 1.55. The van der Waals surface area contributed by atoms with E-state index in [1.165, 1.54) is 0 Å². The summed E-state index contributed by atoms with van der Waals surface area (Å²) < 4.78 is 4.01. The van der Waals surface area contributed by atoms with Crippen LogP contribution in [0.15, 0.2) is 43.0 Å². The molecule has 1 fully saturated rings. The van der Waals surface area contributed by atoms with Crippen LogP contribution in [-0.4, -0.2) is 45.8 Å². The minimum atomic E-state index is -0.168. The van der Waals surface area contributed by atoms with Gasteiger partial charge in [-0.15, -0.1) is 10.2 Å². The summed E-state index contributed by atoms with van der Waals surface area (Å²) in [6, 6.07) is 5.78. The molecule has 9 nitrogen and oxygen atoms in total. The average Bonchev–Trinajstić information content (AvgIpc) is 3.52. The number of imidazole rings is 1. The van der Waals surface area contributed by atoms with Crippen molar-refractivity contribution in [2.45, 2.75) is 38.6 Å². The van der Waals surface area contributed by atoms with Crippen molar-refractivity contribution in [2.24, 2.45) is 0 Å². The molecule has 4 aromatic rings. The molecule has 0 N–H and O–H groups in total. The van der Waals surface area contributed by atoms with Crippen LogP contribution in [0.2, 0.25) is 0 Å². The number of pyridine rings is 1. The van der Waals surface area contributed by atoms with Crippen LogP contribution >= 0.6 is 0 Å². The molecule has 1 atom stereocenters. The second-order valence-electron chi connectivity index (χ2n) is 7.76. The highest BCUT2D eigenvalue weighted by atomic mass is 15.4. The van der Waals surface area contributed by atoms with Crippen molar-refractivity contribution in [3.63, 3.8) is 0 Å². The normalized spacial score (nSPS) is 19.5. The van der Waals surface area contributed by atoms with Crippen LogP contribution in [0, 0.1) is 6.92 Å². The molecule has 1 unspecified atom stereocenters. The summed E-state index contributed by atoms with van der Waals surface area (Å²) in [4.78, 5) is 21.0. The fraction of sp³-hybridized carbons (Fsp3) is 0.333. The number of hydrogen-bond acceptors (Lipinski definition) is 7. The molecular formula is C21H21N9. The van der Waals surface area contributed by atoms with Crippen LogP contribution in [0.25, 0.3) is 23.2 Å². The Hall–Kier alpha value is -3.62. The van der Waals surface area contributed by atoms with Crippen molar-refractivity contribution in [3.8, 4) is 23.2 Å². The SMILES string of the molecule is CCC12CCCN1c1nc(-n3ccnc3-c3ccccn3)ncc1-n1c(C)nnc12. The Balaban J connectivity index is 1.55. The van der Waals surface area contributed by atoms with Crippen LogP contribution in [0.3, 0.4) is 0 Å². The summed E-state index contributed by atoms with van der Waals surface area (Å²) in [7, 11) is 0. The zero-order chi connectivity index (χ0) is 20.3. The predicted molar refractivity (Wildman–Crippen MR) is 111 cm³/mol. The highest BCUT2D eigenvalue weighted by molar-refractivity contribution is 5.65. The van der Waals surface area contributed by atoms with Gasteiger partial charge in [0.15, 0.2) is 17.5 Å². The molecule has 9 heteroatoms. The topological polar surface area (TPSA) is 90.4 Å². The first kappa shape index (κ1) is 17.3. The van der Waals surface area contributed by atoms with Crippen LogP contribution in [0.4, 0.5) is 5.82 Å². The van der Waals surface area contributed by atoms with Crippen molar-refractivity contribution < 1.29 is 0 Å². The number of hydrogen-bond donors (Lipinski definition) is 0. The molecular weight excluding hydrogens is 378 g/mol. The van der Waals surface area contributed by atoms with E-state index in [1.54, 1.807) is 12.4 Å². The largest absolute Gasteiger partial charge is 0.342 e. The Kier molecular flexibility index (Phi) is 3.56. The first-order valence-electron chi connectivity index (χ1n) is 10.3. The monoisotopic (exact) mass is 399 g/mol. The van der Waals surface area contributed by atoms with E-state index < -0.39 is 0 Å². The molecule has 0 aromatic carbocycles. The highest BCUT2D eigenvalue weighted by Crippen LogP contribution is 2.49. The third kappa shape index (κ3) is 2.17. The Morgan fingerprint density at radius 1 is 1.10 bits per heavy atom. The smallest absolute Gasteiger partial charge is 0.237 e. The van der Waals surface area contributed by atoms with Gasteiger partial charge in [-0.05, 0) is 38.3 Å². The molecule has 0 bridgehead atoms. The first-order valence-corrected chi connectivity index (χ1v) is 10.3. The quantitative estimate of drug-likeness (QED) is 0.523. The summed E-state index contributed by atoms with van der Waals surface area (Å²) in [6.45, 7) is 5.15. The summed E-state index contributed by atoms with van der Waals surface area (Å²) in [6.07, 6.45) is 10.4. The summed E-state index contributed by atoms with van der Waals surface area (Å²) >= 11 is 0. The zero-order valence-corrected chi connectivity index (χ0v) is 16.9. The fourth-order valence-corrected chi connectivity index (χ4v) is 4.88. The third-order valence-corrected chi connectivity index (χ3v) is 6.30. The van der Waals surface area contributed by atoms with Crippen LogP contribution < -0.4 is 4.90 Å². The van der Waals surface area contributed by atoms with Crippen LogP contribution in [-0.2, 0) is 5.54 Å². The Bertz CT molecular complexity index is 1240. The number of fused-ring (bicyclic) bond motifs is 6. The van der Waals surface area contributed by atoms with Crippen LogP contribution in [0.5, 0.6) is 0 Å². The number of aryl methyl sites for hydroxylation is 1. The van der Waals surface area contributed by atoms with E-state index >= 15 is 0 Å². The standard InChI is InChI=1S/C21H21N9/c1-3-21-8-6-11-29(21)18-16(30-14(2)26-27-19(21)30)13-24-20(25-18)28-12-10-23-17(28)15-7-4-5-9-22-15/h4-5,7,9-10,12-13H,3,6,8,11H2,1-2H3. The van der Waals surface area contributed by atoms with Gasteiger partial charge in [0.05, 0.1) is 6.20 Å². The van der Waals surface area contributed by atoms with E-state index in [4.69, 9.17) is 4.98 Å². The number of anilines is 1. The van der Waals surface area contributed by atoms with Gasteiger partial charge in [-0.25, -0.2) is 9.97 Å². The number of rotatable bonds is 3. The maximum atomic E-state index is 5.03. The zero-order valence-electron chi connectivity index (χ0n) is 16.9. The second-order valence-corrected chi connectivity index (χ2v) is 7.76. The summed E-state index contributed by atoms with van der Waals surface area (Å²) in [5, 5.41) is 8.94. The van der Waals surface area contributed by atoms with Gasteiger partial charge in [-0.2, -0.15) is 4.98 Å². The van der Waals surface area contributed by atoms with E-state index in [0.29, 0.717) is 5.95 Å². The lowest BCUT2D eigenvalue weighted by molar-refractivity contribution is 0.381. The van der Waals surface area contributed by atoms with Crippen molar-refractivity contribution in [1.82, 2.24) is 39.3 Å². The van der Waals surface area contributed by atoms with Gasteiger partial charge in [0.1, 0.15) is 22.7 Å². The molecule has 0 amide bonds. The Labute approximate surface area is 173 Å². The molecule has 0 spiro atoms. The van der Waals surface area contributed by atoms with Gasteiger partial charge in [0, 0.05) is 25.1 Å². The predicted octanol–water partition coefficient (Wildman–Crippen LogP) is 2.83. The molecule has 150 valence electrons. The first-order chi connectivity index (χ1) is 14.7. The lowest BCUT2D eigenvalue weighted by Crippen LogP contribution is -2.47. The summed E-state index contributed by atoms with van der Waals surface area (Å²) in [5.74, 6) is 4.09. The average molecular weight is 399 g/mol. The third-order valence-electron chi connectivity index (χ3n) is 6.30.